The molecule has 148 valence electrons. The molecule has 1 N–H and O–H groups in total. The number of quaternary nitrogens is 1. The Morgan fingerprint density at radius 1 is 1.18 bits per heavy atom. The first-order valence-electron chi connectivity index (χ1n) is 8.82. The van der Waals surface area contributed by atoms with Crippen molar-refractivity contribution in [3.05, 3.63) is 47.0 Å². The SMILES string of the molecule is COc1ccc(OC)c2sc(N(CC[NH+](C)C)C(=O)c3cccc(Cl)c3)nc12. The summed E-state index contributed by atoms with van der Waals surface area (Å²) in [5, 5.41) is 1.13. The molecule has 1 amide bonds. The zero-order valence-corrected chi connectivity index (χ0v) is 17.9. The Balaban J connectivity index is 2.08. The van der Waals surface area contributed by atoms with E-state index in [1.165, 1.54) is 16.2 Å². The average molecular weight is 421 g/mol. The van der Waals surface area contributed by atoms with Crippen LogP contribution < -0.4 is 19.3 Å². The Labute approximate surface area is 173 Å². The van der Waals surface area contributed by atoms with Crippen molar-refractivity contribution in [2.75, 3.05) is 46.3 Å². The highest BCUT2D eigenvalue weighted by Crippen LogP contribution is 2.40. The summed E-state index contributed by atoms with van der Waals surface area (Å²) in [4.78, 5) is 20.9. The molecule has 0 spiro atoms. The number of thiazole rings is 1. The van der Waals surface area contributed by atoms with Gasteiger partial charge in [0.15, 0.2) is 5.13 Å². The summed E-state index contributed by atoms with van der Waals surface area (Å²) < 4.78 is 11.8. The van der Waals surface area contributed by atoms with Crippen molar-refractivity contribution in [2.45, 2.75) is 0 Å². The van der Waals surface area contributed by atoms with Gasteiger partial charge in [-0.25, -0.2) is 4.98 Å². The van der Waals surface area contributed by atoms with Gasteiger partial charge in [-0.1, -0.05) is 29.0 Å². The van der Waals surface area contributed by atoms with Crippen LogP contribution >= 0.6 is 22.9 Å². The number of nitrogens with one attached hydrogen (secondary N) is 1. The van der Waals surface area contributed by atoms with Gasteiger partial charge in [0.1, 0.15) is 21.7 Å². The molecule has 0 unspecified atom stereocenters. The first-order chi connectivity index (χ1) is 13.4. The molecule has 0 fully saturated rings. The van der Waals surface area contributed by atoms with Crippen molar-refractivity contribution in [3.8, 4) is 11.5 Å². The fraction of sp³-hybridized carbons (Fsp3) is 0.300. The van der Waals surface area contributed by atoms with Crippen molar-refractivity contribution >= 4 is 44.2 Å². The number of carbonyl (C=O) groups excluding carboxylic acids is 1. The third kappa shape index (κ3) is 4.22. The van der Waals surface area contributed by atoms with E-state index in [4.69, 9.17) is 26.1 Å². The number of ether oxygens (including phenoxy) is 2. The van der Waals surface area contributed by atoms with Crippen LogP contribution in [0, 0.1) is 0 Å². The quantitative estimate of drug-likeness (QED) is 0.638. The third-order valence-corrected chi connectivity index (χ3v) is 5.61. The number of likely N-dealkylation sites (N-methyl/N-ethyl adjacent to an activating group) is 1. The molecular weight excluding hydrogens is 398 g/mol. The number of anilines is 1. The van der Waals surface area contributed by atoms with Crippen LogP contribution in [0.5, 0.6) is 11.5 Å². The van der Waals surface area contributed by atoms with Crippen LogP contribution in [0.2, 0.25) is 5.02 Å². The lowest BCUT2D eigenvalue weighted by molar-refractivity contribution is -0.856. The molecule has 0 aliphatic heterocycles. The summed E-state index contributed by atoms with van der Waals surface area (Å²) >= 11 is 7.50. The lowest BCUT2D eigenvalue weighted by atomic mass is 10.2. The van der Waals surface area contributed by atoms with E-state index in [1.807, 2.05) is 26.2 Å². The number of aromatic nitrogens is 1. The van der Waals surface area contributed by atoms with Crippen molar-refractivity contribution in [1.82, 2.24) is 4.98 Å². The molecule has 0 atom stereocenters. The summed E-state index contributed by atoms with van der Waals surface area (Å²) in [5.41, 5.74) is 1.21. The monoisotopic (exact) mass is 420 g/mol. The topological polar surface area (TPSA) is 56.1 Å². The number of methoxy groups -OCH3 is 2. The molecule has 3 aromatic rings. The van der Waals surface area contributed by atoms with Gasteiger partial charge in [0, 0.05) is 10.6 Å². The minimum Gasteiger partial charge on any atom is -0.495 e. The molecule has 2 aromatic carbocycles. The van der Waals surface area contributed by atoms with Gasteiger partial charge in [-0.2, -0.15) is 0 Å². The lowest BCUT2D eigenvalue weighted by Crippen LogP contribution is -3.06. The van der Waals surface area contributed by atoms with Crippen LogP contribution in [0.15, 0.2) is 36.4 Å². The minimum absolute atomic E-state index is 0.138. The highest BCUT2D eigenvalue weighted by Gasteiger charge is 2.24. The van der Waals surface area contributed by atoms with E-state index in [1.54, 1.807) is 43.4 Å². The number of amides is 1. The van der Waals surface area contributed by atoms with Crippen molar-refractivity contribution in [3.63, 3.8) is 0 Å². The number of hydrogen-bond donors (Lipinski definition) is 1. The van der Waals surface area contributed by atoms with E-state index in [0.717, 1.165) is 11.2 Å². The molecule has 8 heteroatoms. The standard InChI is InChI=1S/C20H22ClN3O3S/c1-23(2)10-11-24(19(25)13-6-5-7-14(21)12-13)20-22-17-15(26-3)8-9-16(27-4)18(17)28-20/h5-9,12H,10-11H2,1-4H3/p+1. The highest BCUT2D eigenvalue weighted by atomic mass is 35.5. The predicted molar refractivity (Wildman–Crippen MR) is 114 cm³/mol. The number of fused-ring (bicyclic) bond motifs is 1. The Hall–Kier alpha value is -2.35. The molecule has 0 aliphatic rings. The van der Waals surface area contributed by atoms with Gasteiger partial charge < -0.3 is 14.4 Å². The van der Waals surface area contributed by atoms with Gasteiger partial charge >= 0.3 is 0 Å². The van der Waals surface area contributed by atoms with Gasteiger partial charge in [0.25, 0.3) is 5.91 Å². The number of carbonyl (C=O) groups is 1. The molecule has 1 heterocycles. The number of benzene rings is 2. The third-order valence-electron chi connectivity index (χ3n) is 4.28. The summed E-state index contributed by atoms with van der Waals surface area (Å²) in [5.74, 6) is 1.21. The molecule has 0 saturated heterocycles. The summed E-state index contributed by atoms with van der Waals surface area (Å²) in [7, 11) is 7.31. The number of rotatable bonds is 7. The zero-order valence-electron chi connectivity index (χ0n) is 16.3. The maximum Gasteiger partial charge on any atom is 0.260 e. The van der Waals surface area contributed by atoms with E-state index >= 15 is 0 Å². The molecule has 0 aliphatic carbocycles. The van der Waals surface area contributed by atoms with Crippen LogP contribution in [0.1, 0.15) is 10.4 Å². The molecule has 0 bridgehead atoms. The fourth-order valence-corrected chi connectivity index (χ4v) is 4.08. The Morgan fingerprint density at radius 2 is 1.89 bits per heavy atom. The number of halogens is 1. The average Bonchev–Trinajstić information content (AvgIpc) is 3.12. The second-order valence-corrected chi connectivity index (χ2v) is 7.98. The maximum absolute atomic E-state index is 13.3. The van der Waals surface area contributed by atoms with E-state index in [2.05, 4.69) is 0 Å². The zero-order chi connectivity index (χ0) is 20.3. The second-order valence-electron chi connectivity index (χ2n) is 6.57. The van der Waals surface area contributed by atoms with E-state index in [-0.39, 0.29) is 5.91 Å². The number of hydrogen-bond acceptors (Lipinski definition) is 5. The van der Waals surface area contributed by atoms with Gasteiger partial charge in [0.05, 0.1) is 41.4 Å². The van der Waals surface area contributed by atoms with E-state index < -0.39 is 0 Å². The lowest BCUT2D eigenvalue weighted by Gasteiger charge is -2.20. The van der Waals surface area contributed by atoms with Crippen molar-refractivity contribution < 1.29 is 19.2 Å². The fourth-order valence-electron chi connectivity index (χ4n) is 2.79. The van der Waals surface area contributed by atoms with E-state index in [0.29, 0.717) is 39.3 Å². The molecular formula is C20H23ClN3O3S+. The second kappa shape index (κ2) is 8.77. The predicted octanol–water partition coefficient (Wildman–Crippen LogP) is 2.76. The van der Waals surface area contributed by atoms with Crippen molar-refractivity contribution in [2.24, 2.45) is 0 Å². The van der Waals surface area contributed by atoms with Crippen LogP contribution in [-0.2, 0) is 0 Å². The van der Waals surface area contributed by atoms with Gasteiger partial charge in [0.2, 0.25) is 0 Å². The Bertz CT molecular complexity index is 949. The minimum atomic E-state index is -0.138. The van der Waals surface area contributed by atoms with Gasteiger partial charge in [-0.3, -0.25) is 9.69 Å². The molecule has 6 nitrogen and oxygen atoms in total. The molecule has 3 rings (SSSR count). The summed E-state index contributed by atoms with van der Waals surface area (Å²) in [6.45, 7) is 1.30. The smallest absolute Gasteiger partial charge is 0.260 e. The first-order valence-corrected chi connectivity index (χ1v) is 10.0. The van der Waals surface area contributed by atoms with Crippen molar-refractivity contribution in [1.29, 1.82) is 0 Å². The maximum atomic E-state index is 13.3. The van der Waals surface area contributed by atoms with Gasteiger partial charge in [-0.15, -0.1) is 0 Å². The highest BCUT2D eigenvalue weighted by molar-refractivity contribution is 7.22. The van der Waals surface area contributed by atoms with Crippen LogP contribution in [0.4, 0.5) is 5.13 Å². The molecule has 0 saturated carbocycles. The largest absolute Gasteiger partial charge is 0.495 e. The first kappa shape index (κ1) is 20.4. The van der Waals surface area contributed by atoms with Gasteiger partial charge in [-0.05, 0) is 30.3 Å². The molecule has 0 radical (unpaired) electrons. The van der Waals surface area contributed by atoms with Crippen LogP contribution in [0.25, 0.3) is 10.2 Å². The Kier molecular flexibility index (Phi) is 6.39. The van der Waals surface area contributed by atoms with E-state index in [9.17, 15) is 4.79 Å². The molecule has 1 aromatic heterocycles. The Morgan fingerprint density at radius 3 is 2.54 bits per heavy atom. The van der Waals surface area contributed by atoms with Crippen LogP contribution in [0.3, 0.4) is 0 Å². The summed E-state index contributed by atoms with van der Waals surface area (Å²) in [6.07, 6.45) is 0. The van der Waals surface area contributed by atoms with Crippen LogP contribution in [-0.4, -0.2) is 52.3 Å². The molecule has 28 heavy (non-hydrogen) atoms. The summed E-state index contributed by atoms with van der Waals surface area (Å²) in [6, 6.07) is 10.6. The normalized spacial score (nSPS) is 11.1. The number of nitrogens with zero attached hydrogens (tertiary/aromatic N) is 2.